The molecule has 0 spiro atoms. The Bertz CT molecular complexity index is 1370. The van der Waals surface area contributed by atoms with Gasteiger partial charge in [-0.25, -0.2) is 9.37 Å². The molecule has 1 aliphatic heterocycles. The summed E-state index contributed by atoms with van der Waals surface area (Å²) in [7, 11) is 3.47. The van der Waals surface area contributed by atoms with Crippen molar-refractivity contribution in [2.75, 3.05) is 25.1 Å². The number of fused-ring (bicyclic) bond motifs is 1. The number of aromatic nitrogens is 3. The molecule has 0 radical (unpaired) electrons. The predicted octanol–water partition coefficient (Wildman–Crippen LogP) is 4.91. The van der Waals surface area contributed by atoms with Gasteiger partial charge in [0, 0.05) is 48.9 Å². The average molecular weight is 473 g/mol. The van der Waals surface area contributed by atoms with Crippen LogP contribution in [-0.4, -0.2) is 41.0 Å². The number of aryl methyl sites for hydroxylation is 1. The van der Waals surface area contributed by atoms with E-state index >= 15 is 0 Å². The first-order chi connectivity index (χ1) is 16.8. The maximum atomic E-state index is 14.8. The fourth-order valence-corrected chi connectivity index (χ4v) is 4.35. The number of nitrogens with two attached hydrogens (primary N) is 1. The van der Waals surface area contributed by atoms with Gasteiger partial charge in [-0.3, -0.25) is 4.68 Å². The van der Waals surface area contributed by atoms with Crippen LogP contribution in [0.3, 0.4) is 0 Å². The number of methoxy groups -OCH3 is 1. The number of allylic oxidation sites excluding steroid dienone is 5. The Balaban J connectivity index is 1.92. The van der Waals surface area contributed by atoms with Gasteiger partial charge < -0.3 is 15.4 Å². The summed E-state index contributed by atoms with van der Waals surface area (Å²) >= 11 is 0. The highest BCUT2D eigenvalue weighted by Crippen LogP contribution is 2.38. The van der Waals surface area contributed by atoms with E-state index in [1.807, 2.05) is 43.6 Å². The van der Waals surface area contributed by atoms with Crippen LogP contribution in [0.5, 0.6) is 5.88 Å². The van der Waals surface area contributed by atoms with Gasteiger partial charge in [-0.2, -0.15) is 10.4 Å². The molecule has 1 aliphatic rings. The fourth-order valence-electron chi connectivity index (χ4n) is 4.35. The Morgan fingerprint density at radius 3 is 2.71 bits per heavy atom. The minimum Gasteiger partial charge on any atom is -0.480 e. The normalized spacial score (nSPS) is 15.7. The third-order valence-corrected chi connectivity index (χ3v) is 6.29. The highest BCUT2D eigenvalue weighted by atomic mass is 19.1. The number of nitriles is 1. The summed E-state index contributed by atoms with van der Waals surface area (Å²) in [5.74, 6) is -0.152. The summed E-state index contributed by atoms with van der Waals surface area (Å²) in [5, 5.41) is 14.7. The van der Waals surface area contributed by atoms with Crippen molar-refractivity contribution in [3.63, 3.8) is 0 Å². The molecule has 180 valence electrons. The highest BCUT2D eigenvalue weighted by molar-refractivity contribution is 5.88. The zero-order valence-electron chi connectivity index (χ0n) is 20.3. The maximum Gasteiger partial charge on any atom is 0.237 e. The lowest BCUT2D eigenvalue weighted by molar-refractivity contribution is 0.395. The van der Waals surface area contributed by atoms with E-state index in [0.717, 1.165) is 53.6 Å². The number of benzene rings is 1. The molecular formula is C27H29FN6O. The van der Waals surface area contributed by atoms with Crippen molar-refractivity contribution < 1.29 is 9.13 Å². The number of hydrogen-bond donors (Lipinski definition) is 1. The van der Waals surface area contributed by atoms with E-state index in [1.54, 1.807) is 18.7 Å². The summed E-state index contributed by atoms with van der Waals surface area (Å²) in [5.41, 5.74) is 10.5. The maximum absolute atomic E-state index is 14.8. The third kappa shape index (κ3) is 4.96. The molecule has 0 atom stereocenters. The topological polar surface area (TPSA) is 93.0 Å². The molecule has 2 aromatic heterocycles. The van der Waals surface area contributed by atoms with Crippen LogP contribution in [0, 0.1) is 11.3 Å². The lowest BCUT2D eigenvalue weighted by Crippen LogP contribution is -2.40. The summed E-state index contributed by atoms with van der Waals surface area (Å²) in [4.78, 5) is 7.09. The number of anilines is 1. The SMILES string of the molecule is C=C/C(C#N)=C(F)\C=C(/C)c1cc(N2CCC(N)CC2)c(OC)nc1-c1ccc2cn(C)nc2c1. The van der Waals surface area contributed by atoms with Gasteiger partial charge >= 0.3 is 0 Å². The van der Waals surface area contributed by atoms with Crippen LogP contribution in [0.2, 0.25) is 0 Å². The molecule has 0 bridgehead atoms. The lowest BCUT2D eigenvalue weighted by atomic mass is 9.97. The minimum atomic E-state index is -0.646. The first-order valence-electron chi connectivity index (χ1n) is 11.5. The van der Waals surface area contributed by atoms with Crippen LogP contribution in [0.1, 0.15) is 25.3 Å². The molecule has 4 rings (SSSR count). The lowest BCUT2D eigenvalue weighted by Gasteiger charge is -2.33. The molecule has 8 heteroatoms. The van der Waals surface area contributed by atoms with Crippen molar-refractivity contribution in [3.8, 4) is 23.2 Å². The molecule has 1 aromatic carbocycles. The van der Waals surface area contributed by atoms with Crippen molar-refractivity contribution in [1.82, 2.24) is 14.8 Å². The molecule has 0 saturated carbocycles. The van der Waals surface area contributed by atoms with Crippen LogP contribution in [0.25, 0.3) is 27.7 Å². The van der Waals surface area contributed by atoms with Gasteiger partial charge in [-0.05, 0) is 49.6 Å². The number of pyridine rings is 1. The second kappa shape index (κ2) is 10.1. The fraction of sp³-hybridized carbons (Fsp3) is 0.296. The summed E-state index contributed by atoms with van der Waals surface area (Å²) in [6.45, 7) is 6.90. The van der Waals surface area contributed by atoms with Gasteiger partial charge in [0.05, 0.1) is 23.9 Å². The summed E-state index contributed by atoms with van der Waals surface area (Å²) < 4.78 is 22.3. The first kappa shape index (κ1) is 24.2. The van der Waals surface area contributed by atoms with E-state index in [9.17, 15) is 9.65 Å². The number of rotatable bonds is 6. The molecule has 7 nitrogen and oxygen atoms in total. The zero-order valence-corrected chi connectivity index (χ0v) is 20.3. The van der Waals surface area contributed by atoms with Gasteiger partial charge in [0.1, 0.15) is 17.6 Å². The van der Waals surface area contributed by atoms with E-state index in [1.165, 1.54) is 12.2 Å². The molecule has 1 fully saturated rings. The van der Waals surface area contributed by atoms with Crippen LogP contribution >= 0.6 is 0 Å². The van der Waals surface area contributed by atoms with Crippen LogP contribution < -0.4 is 15.4 Å². The van der Waals surface area contributed by atoms with Gasteiger partial charge in [0.25, 0.3) is 0 Å². The van der Waals surface area contributed by atoms with E-state index < -0.39 is 5.83 Å². The van der Waals surface area contributed by atoms with Crippen LogP contribution in [-0.2, 0) is 7.05 Å². The molecule has 2 N–H and O–H groups in total. The van der Waals surface area contributed by atoms with Gasteiger partial charge in [0.2, 0.25) is 5.88 Å². The van der Waals surface area contributed by atoms with Crippen molar-refractivity contribution in [1.29, 1.82) is 5.26 Å². The molecule has 35 heavy (non-hydrogen) atoms. The average Bonchev–Trinajstić information content (AvgIpc) is 3.23. The Hall–Kier alpha value is -3.96. The Kier molecular flexibility index (Phi) is 6.99. The molecule has 1 saturated heterocycles. The number of hydrogen-bond acceptors (Lipinski definition) is 6. The largest absolute Gasteiger partial charge is 0.480 e. The Labute approximate surface area is 204 Å². The molecule has 0 aliphatic carbocycles. The molecular weight excluding hydrogens is 443 g/mol. The minimum absolute atomic E-state index is 0.118. The first-order valence-corrected chi connectivity index (χ1v) is 11.5. The van der Waals surface area contributed by atoms with E-state index in [4.69, 9.17) is 15.5 Å². The molecule has 3 aromatic rings. The number of nitrogens with zero attached hydrogens (tertiary/aromatic N) is 5. The number of halogens is 1. The van der Waals surface area contributed by atoms with E-state index in [0.29, 0.717) is 17.1 Å². The second-order valence-electron chi connectivity index (χ2n) is 8.72. The van der Waals surface area contributed by atoms with Crippen LogP contribution in [0.4, 0.5) is 10.1 Å². The van der Waals surface area contributed by atoms with Crippen molar-refractivity contribution in [2.24, 2.45) is 12.8 Å². The quantitative estimate of drug-likeness (QED) is 0.405. The van der Waals surface area contributed by atoms with Crippen molar-refractivity contribution >= 4 is 22.2 Å². The standard InChI is InChI=1S/C27H29FN6O/c1-5-18(15-29)23(28)12-17(2)22-14-25(34-10-8-21(30)9-11-34)27(35-4)31-26(22)19-6-7-20-16-33(3)32-24(20)13-19/h5-7,12-14,16,21H,1,8-11,30H2,2-4H3/b17-12+,23-18-. The van der Waals surface area contributed by atoms with Crippen molar-refractivity contribution in [3.05, 3.63) is 66.2 Å². The summed E-state index contributed by atoms with van der Waals surface area (Å²) in [6, 6.07) is 9.92. The summed E-state index contributed by atoms with van der Waals surface area (Å²) in [6.07, 6.45) is 6.25. The Morgan fingerprint density at radius 1 is 1.31 bits per heavy atom. The van der Waals surface area contributed by atoms with Gasteiger partial charge in [-0.1, -0.05) is 18.7 Å². The molecule has 0 amide bonds. The number of ether oxygens (including phenoxy) is 1. The number of piperidine rings is 1. The second-order valence-corrected chi connectivity index (χ2v) is 8.72. The van der Waals surface area contributed by atoms with E-state index in [2.05, 4.69) is 16.6 Å². The smallest absolute Gasteiger partial charge is 0.237 e. The van der Waals surface area contributed by atoms with E-state index in [-0.39, 0.29) is 11.6 Å². The third-order valence-electron chi connectivity index (χ3n) is 6.29. The molecule has 0 unspecified atom stereocenters. The van der Waals surface area contributed by atoms with Crippen LogP contribution in [0.15, 0.2) is 60.6 Å². The van der Waals surface area contributed by atoms with Crippen molar-refractivity contribution in [2.45, 2.75) is 25.8 Å². The monoisotopic (exact) mass is 472 g/mol. The van der Waals surface area contributed by atoms with Gasteiger partial charge in [0.15, 0.2) is 0 Å². The molecule has 3 heterocycles. The van der Waals surface area contributed by atoms with Gasteiger partial charge in [-0.15, -0.1) is 0 Å². The predicted molar refractivity (Wildman–Crippen MR) is 138 cm³/mol. The highest BCUT2D eigenvalue weighted by Gasteiger charge is 2.23. The zero-order chi connectivity index (χ0) is 25.1. The Morgan fingerprint density at radius 2 is 2.06 bits per heavy atom.